The number of aryl methyl sites for hydroxylation is 1. The van der Waals surface area contributed by atoms with Gasteiger partial charge in [0.2, 0.25) is 0 Å². The predicted octanol–water partition coefficient (Wildman–Crippen LogP) is 3.30. The van der Waals surface area contributed by atoms with Crippen LogP contribution in [0.5, 0.6) is 0 Å². The second kappa shape index (κ2) is 5.78. The maximum Gasteiger partial charge on any atom is 0.339 e. The number of aromatic carboxylic acids is 1. The highest BCUT2D eigenvalue weighted by molar-refractivity contribution is 5.88. The van der Waals surface area contributed by atoms with Crippen LogP contribution in [0.4, 0.5) is 0 Å². The van der Waals surface area contributed by atoms with Crippen molar-refractivity contribution in [2.45, 2.75) is 52.6 Å². The molecule has 1 aromatic rings. The van der Waals surface area contributed by atoms with Crippen molar-refractivity contribution in [2.24, 2.45) is 5.92 Å². The number of hydrogen-bond acceptors (Lipinski definition) is 3. The Balaban J connectivity index is 2.00. The van der Waals surface area contributed by atoms with Gasteiger partial charge in [-0.05, 0) is 44.7 Å². The van der Waals surface area contributed by atoms with Crippen molar-refractivity contribution in [1.29, 1.82) is 0 Å². The first-order valence-electron chi connectivity index (χ1n) is 7.04. The monoisotopic (exact) mass is 265 g/mol. The minimum absolute atomic E-state index is 0.287. The SMILES string of the molecule is Cc1oc(CN(CCC(C)C)C2CC2)cc1C(=O)O. The van der Waals surface area contributed by atoms with Crippen LogP contribution in [0.3, 0.4) is 0 Å². The Morgan fingerprint density at radius 2 is 2.21 bits per heavy atom. The van der Waals surface area contributed by atoms with E-state index in [1.165, 1.54) is 19.3 Å². The number of carboxylic acid groups (broad SMARTS) is 1. The lowest BCUT2D eigenvalue weighted by atomic mass is 10.1. The first kappa shape index (κ1) is 14.1. The Kier molecular flexibility index (Phi) is 4.30. The van der Waals surface area contributed by atoms with Crippen LogP contribution in [0.1, 0.15) is 55.0 Å². The van der Waals surface area contributed by atoms with Crippen LogP contribution in [-0.2, 0) is 6.54 Å². The van der Waals surface area contributed by atoms with Crippen molar-refractivity contribution in [2.75, 3.05) is 6.54 Å². The molecule has 0 amide bonds. The summed E-state index contributed by atoms with van der Waals surface area (Å²) in [6.45, 7) is 7.95. The summed E-state index contributed by atoms with van der Waals surface area (Å²) in [5.41, 5.74) is 0.287. The van der Waals surface area contributed by atoms with Gasteiger partial charge in [-0.15, -0.1) is 0 Å². The molecule has 1 aliphatic rings. The average Bonchev–Trinajstić information content (AvgIpc) is 3.08. The van der Waals surface area contributed by atoms with Crippen LogP contribution in [0.15, 0.2) is 10.5 Å². The van der Waals surface area contributed by atoms with E-state index in [0.29, 0.717) is 17.7 Å². The van der Waals surface area contributed by atoms with Crippen molar-refractivity contribution >= 4 is 5.97 Å². The van der Waals surface area contributed by atoms with Gasteiger partial charge in [-0.3, -0.25) is 4.90 Å². The second-order valence-electron chi connectivity index (χ2n) is 5.87. The summed E-state index contributed by atoms with van der Waals surface area (Å²) in [7, 11) is 0. The third-order valence-corrected chi connectivity index (χ3v) is 3.62. The molecule has 1 N–H and O–H groups in total. The van der Waals surface area contributed by atoms with Crippen LogP contribution in [0.25, 0.3) is 0 Å². The first-order chi connectivity index (χ1) is 8.97. The minimum Gasteiger partial charge on any atom is -0.478 e. The van der Waals surface area contributed by atoms with Crippen molar-refractivity contribution < 1.29 is 14.3 Å². The standard InChI is InChI=1S/C15H23NO3/c1-10(2)6-7-16(12-4-5-12)9-13-8-14(15(17)18)11(3)19-13/h8,10,12H,4-7,9H2,1-3H3,(H,17,18). The molecular formula is C15H23NO3. The van der Waals surface area contributed by atoms with Crippen molar-refractivity contribution in [1.82, 2.24) is 4.90 Å². The molecule has 4 nitrogen and oxygen atoms in total. The molecule has 0 unspecified atom stereocenters. The summed E-state index contributed by atoms with van der Waals surface area (Å²) in [6, 6.07) is 2.33. The zero-order valence-corrected chi connectivity index (χ0v) is 12.0. The Labute approximate surface area is 114 Å². The normalized spacial score (nSPS) is 15.4. The van der Waals surface area contributed by atoms with Crippen molar-refractivity contribution in [3.8, 4) is 0 Å². The quantitative estimate of drug-likeness (QED) is 0.822. The Hall–Kier alpha value is -1.29. The van der Waals surface area contributed by atoms with Crippen LogP contribution >= 0.6 is 0 Å². The molecule has 1 fully saturated rings. The second-order valence-corrected chi connectivity index (χ2v) is 5.87. The zero-order valence-electron chi connectivity index (χ0n) is 12.0. The average molecular weight is 265 g/mol. The maximum absolute atomic E-state index is 11.0. The lowest BCUT2D eigenvalue weighted by Gasteiger charge is -2.21. The van der Waals surface area contributed by atoms with Crippen LogP contribution in [-0.4, -0.2) is 28.6 Å². The molecule has 0 aromatic carbocycles. The molecule has 0 spiro atoms. The van der Waals surface area contributed by atoms with E-state index < -0.39 is 5.97 Å². The summed E-state index contributed by atoms with van der Waals surface area (Å²) in [6.07, 6.45) is 3.68. The van der Waals surface area contributed by atoms with E-state index in [1.54, 1.807) is 13.0 Å². The van der Waals surface area contributed by atoms with Gasteiger partial charge in [-0.25, -0.2) is 4.79 Å². The highest BCUT2D eigenvalue weighted by Crippen LogP contribution is 2.29. The number of nitrogens with zero attached hydrogens (tertiary/aromatic N) is 1. The Morgan fingerprint density at radius 3 is 2.68 bits per heavy atom. The van der Waals surface area contributed by atoms with E-state index in [2.05, 4.69) is 18.7 Å². The molecule has 1 heterocycles. The lowest BCUT2D eigenvalue weighted by Crippen LogP contribution is -2.27. The Morgan fingerprint density at radius 1 is 1.53 bits per heavy atom. The van der Waals surface area contributed by atoms with Gasteiger partial charge in [-0.2, -0.15) is 0 Å². The minimum atomic E-state index is -0.910. The summed E-state index contributed by atoms with van der Waals surface area (Å²) in [5.74, 6) is 1.05. The Bertz CT molecular complexity index is 446. The molecule has 1 saturated carbocycles. The van der Waals surface area contributed by atoms with Gasteiger partial charge in [0.25, 0.3) is 0 Å². The third-order valence-electron chi connectivity index (χ3n) is 3.62. The van der Waals surface area contributed by atoms with E-state index in [-0.39, 0.29) is 5.56 Å². The smallest absolute Gasteiger partial charge is 0.339 e. The van der Waals surface area contributed by atoms with Crippen molar-refractivity contribution in [3.05, 3.63) is 23.2 Å². The maximum atomic E-state index is 11.0. The number of hydrogen-bond donors (Lipinski definition) is 1. The molecular weight excluding hydrogens is 242 g/mol. The molecule has 0 aliphatic heterocycles. The molecule has 0 atom stereocenters. The third kappa shape index (κ3) is 3.83. The lowest BCUT2D eigenvalue weighted by molar-refractivity contribution is 0.0695. The van der Waals surface area contributed by atoms with Crippen LogP contribution < -0.4 is 0 Å². The fourth-order valence-electron chi connectivity index (χ4n) is 2.29. The molecule has 0 saturated heterocycles. The molecule has 4 heteroatoms. The van der Waals surface area contributed by atoms with Gasteiger partial charge in [0.15, 0.2) is 0 Å². The summed E-state index contributed by atoms with van der Waals surface area (Å²) >= 11 is 0. The van der Waals surface area contributed by atoms with Crippen LogP contribution in [0.2, 0.25) is 0 Å². The molecule has 1 aliphatic carbocycles. The molecule has 2 rings (SSSR count). The number of rotatable bonds is 7. The topological polar surface area (TPSA) is 53.7 Å². The van der Waals surface area contributed by atoms with Gasteiger partial charge in [0.05, 0.1) is 6.54 Å². The highest BCUT2D eigenvalue weighted by atomic mass is 16.4. The largest absolute Gasteiger partial charge is 0.478 e. The van der Waals surface area contributed by atoms with Crippen LogP contribution in [0, 0.1) is 12.8 Å². The number of furan rings is 1. The summed E-state index contributed by atoms with van der Waals surface area (Å²) in [5, 5.41) is 9.04. The zero-order chi connectivity index (χ0) is 14.0. The first-order valence-corrected chi connectivity index (χ1v) is 7.04. The molecule has 19 heavy (non-hydrogen) atoms. The predicted molar refractivity (Wildman–Crippen MR) is 73.3 cm³/mol. The van der Waals surface area contributed by atoms with E-state index in [1.807, 2.05) is 0 Å². The molecule has 0 bridgehead atoms. The van der Waals surface area contributed by atoms with E-state index in [4.69, 9.17) is 9.52 Å². The highest BCUT2D eigenvalue weighted by Gasteiger charge is 2.29. The summed E-state index contributed by atoms with van der Waals surface area (Å²) in [4.78, 5) is 13.4. The molecule has 0 radical (unpaired) electrons. The van der Waals surface area contributed by atoms with Gasteiger partial charge in [-0.1, -0.05) is 13.8 Å². The fraction of sp³-hybridized carbons (Fsp3) is 0.667. The fourth-order valence-corrected chi connectivity index (χ4v) is 2.29. The van der Waals surface area contributed by atoms with Gasteiger partial charge in [0.1, 0.15) is 17.1 Å². The summed E-state index contributed by atoms with van der Waals surface area (Å²) < 4.78 is 5.57. The van der Waals surface area contributed by atoms with Gasteiger partial charge >= 0.3 is 5.97 Å². The number of carboxylic acids is 1. The van der Waals surface area contributed by atoms with Gasteiger partial charge < -0.3 is 9.52 Å². The molecule has 1 aromatic heterocycles. The van der Waals surface area contributed by atoms with Crippen molar-refractivity contribution in [3.63, 3.8) is 0 Å². The van der Waals surface area contributed by atoms with E-state index in [9.17, 15) is 4.79 Å². The van der Waals surface area contributed by atoms with E-state index >= 15 is 0 Å². The van der Waals surface area contributed by atoms with Gasteiger partial charge in [0, 0.05) is 6.04 Å². The molecule has 106 valence electrons. The number of carbonyl (C=O) groups is 1. The van der Waals surface area contributed by atoms with E-state index in [0.717, 1.165) is 18.8 Å².